The number of benzene rings is 1. The maximum atomic E-state index is 12.8. The Bertz CT molecular complexity index is 765. The van der Waals surface area contributed by atoms with Gasteiger partial charge in [-0.2, -0.15) is 0 Å². The molecule has 0 atom stereocenters. The van der Waals surface area contributed by atoms with Crippen molar-refractivity contribution in [1.29, 1.82) is 0 Å². The van der Waals surface area contributed by atoms with E-state index in [-0.39, 0.29) is 19.6 Å². The van der Waals surface area contributed by atoms with Gasteiger partial charge < -0.3 is 0 Å². The molecule has 0 N–H and O–H groups in total. The molecule has 5 nitrogen and oxygen atoms in total. The Morgan fingerprint density at radius 2 is 2.05 bits per heavy atom. The molecule has 0 fully saturated rings. The number of fused-ring (bicyclic) bond motifs is 3. The van der Waals surface area contributed by atoms with Gasteiger partial charge in [0.2, 0.25) is 0 Å². The van der Waals surface area contributed by atoms with E-state index in [4.69, 9.17) is 4.74 Å². The number of ether oxygens (including phenoxy) is 1. The van der Waals surface area contributed by atoms with Gasteiger partial charge >= 0.3 is 117 Å². The average Bonchev–Trinajstić information content (AvgIpc) is 2.86. The summed E-state index contributed by atoms with van der Waals surface area (Å²) < 4.78 is 34.6. The summed E-state index contributed by atoms with van der Waals surface area (Å²) in [7, 11) is -1.93. The van der Waals surface area contributed by atoms with E-state index < -0.39 is 14.6 Å². The van der Waals surface area contributed by atoms with Crippen molar-refractivity contribution in [2.75, 3.05) is 7.11 Å². The van der Waals surface area contributed by atoms with Crippen LogP contribution in [0, 0.1) is 0 Å². The molecule has 0 unspecified atom stereocenters. The Hall–Kier alpha value is -1.17. The normalized spacial score (nSPS) is 18.5. The molecule has 2 aromatic rings. The SMILES string of the molecule is COc1ccc2c(c1)S(=O)(=O)C(C)(C)c1[se]nnc1-2. The summed E-state index contributed by atoms with van der Waals surface area (Å²) in [4.78, 5) is 0.284. The van der Waals surface area contributed by atoms with Gasteiger partial charge in [-0.25, -0.2) is 0 Å². The molecule has 0 aliphatic carbocycles. The zero-order chi connectivity index (χ0) is 13.8. The van der Waals surface area contributed by atoms with E-state index in [0.29, 0.717) is 11.3 Å². The first-order valence-electron chi connectivity index (χ1n) is 5.65. The van der Waals surface area contributed by atoms with Gasteiger partial charge in [-0.05, 0) is 0 Å². The summed E-state index contributed by atoms with van der Waals surface area (Å²) in [6, 6.07) is 5.06. The van der Waals surface area contributed by atoms with Gasteiger partial charge in [0.15, 0.2) is 0 Å². The Balaban J connectivity index is 2.43. The van der Waals surface area contributed by atoms with Crippen molar-refractivity contribution < 1.29 is 13.2 Å². The molecule has 0 radical (unpaired) electrons. The Kier molecular flexibility index (Phi) is 2.64. The van der Waals surface area contributed by atoms with Crippen molar-refractivity contribution in [2.45, 2.75) is 23.5 Å². The van der Waals surface area contributed by atoms with E-state index in [1.807, 2.05) is 0 Å². The minimum absolute atomic E-state index is 0.233. The minimum atomic E-state index is -3.45. The first kappa shape index (κ1) is 12.8. The van der Waals surface area contributed by atoms with Gasteiger partial charge in [-0.15, -0.1) is 0 Å². The van der Waals surface area contributed by atoms with Crippen LogP contribution >= 0.6 is 0 Å². The third kappa shape index (κ3) is 1.55. The predicted molar refractivity (Wildman–Crippen MR) is 71.2 cm³/mol. The summed E-state index contributed by atoms with van der Waals surface area (Å²) in [6.07, 6.45) is 0. The molecular weight excluding hydrogens is 331 g/mol. The van der Waals surface area contributed by atoms with Gasteiger partial charge in [-0.1, -0.05) is 0 Å². The standard InChI is InChI=1S/C12H12N2O3SSe/c1-12(2)11-10(13-14-19-11)8-5-4-7(17-3)6-9(8)18(12,15)16/h4-6H,1-3H3. The summed E-state index contributed by atoms with van der Waals surface area (Å²) in [5.41, 5.74) is 1.36. The first-order valence-corrected chi connectivity index (χ1v) is 8.76. The van der Waals surface area contributed by atoms with E-state index in [1.165, 1.54) is 7.11 Å². The zero-order valence-corrected chi connectivity index (χ0v) is 13.2. The van der Waals surface area contributed by atoms with E-state index in [2.05, 4.69) is 9.19 Å². The topological polar surface area (TPSA) is 69.2 Å². The van der Waals surface area contributed by atoms with Crippen molar-refractivity contribution in [3.8, 4) is 17.0 Å². The molecule has 0 amide bonds. The molecule has 7 heteroatoms. The molecule has 1 aliphatic heterocycles. The van der Waals surface area contributed by atoms with E-state index >= 15 is 0 Å². The van der Waals surface area contributed by atoms with Crippen LogP contribution in [-0.4, -0.2) is 39.5 Å². The molecule has 1 aromatic heterocycles. The number of methoxy groups -OCH3 is 1. The van der Waals surface area contributed by atoms with Gasteiger partial charge in [-0.3, -0.25) is 0 Å². The number of aromatic nitrogens is 2. The molecular formula is C12H12N2O3SSe. The second-order valence-corrected chi connectivity index (χ2v) is 8.88. The van der Waals surface area contributed by atoms with Crippen LogP contribution in [0.15, 0.2) is 23.1 Å². The maximum absolute atomic E-state index is 12.8. The molecule has 0 saturated heterocycles. The van der Waals surface area contributed by atoms with Crippen molar-refractivity contribution in [2.24, 2.45) is 0 Å². The fraction of sp³-hybridized carbons (Fsp3) is 0.333. The van der Waals surface area contributed by atoms with Crippen molar-refractivity contribution in [3.63, 3.8) is 0 Å². The number of sulfone groups is 1. The summed E-state index contributed by atoms with van der Waals surface area (Å²) in [6.45, 7) is 3.44. The third-order valence-corrected chi connectivity index (χ3v) is 8.40. The van der Waals surface area contributed by atoms with Gasteiger partial charge in [0, 0.05) is 0 Å². The monoisotopic (exact) mass is 344 g/mol. The second-order valence-electron chi connectivity index (χ2n) is 4.83. The number of hydrogen-bond donors (Lipinski definition) is 0. The molecule has 0 spiro atoms. The van der Waals surface area contributed by atoms with Crippen LogP contribution in [0.25, 0.3) is 11.3 Å². The average molecular weight is 343 g/mol. The van der Waals surface area contributed by atoms with Gasteiger partial charge in [0.05, 0.1) is 0 Å². The van der Waals surface area contributed by atoms with Crippen LogP contribution in [0.2, 0.25) is 0 Å². The fourth-order valence-electron chi connectivity index (χ4n) is 2.21. The number of rotatable bonds is 1. The van der Waals surface area contributed by atoms with Gasteiger partial charge in [0.1, 0.15) is 0 Å². The van der Waals surface area contributed by atoms with Crippen molar-refractivity contribution >= 4 is 24.6 Å². The van der Waals surface area contributed by atoms with Crippen LogP contribution in [0.5, 0.6) is 5.75 Å². The third-order valence-electron chi connectivity index (χ3n) is 3.44. The molecule has 100 valence electrons. The number of hydrogen-bond acceptors (Lipinski definition) is 5. The summed E-state index contributed by atoms with van der Waals surface area (Å²) in [5, 5.41) is 4.14. The molecule has 3 rings (SSSR count). The molecule has 2 heterocycles. The van der Waals surface area contributed by atoms with Crippen LogP contribution < -0.4 is 4.74 Å². The van der Waals surface area contributed by atoms with Gasteiger partial charge in [0.25, 0.3) is 0 Å². The zero-order valence-electron chi connectivity index (χ0n) is 10.7. The number of nitrogens with zero attached hydrogens (tertiary/aromatic N) is 2. The molecule has 19 heavy (non-hydrogen) atoms. The van der Waals surface area contributed by atoms with Crippen molar-refractivity contribution in [1.82, 2.24) is 9.19 Å². The summed E-state index contributed by atoms with van der Waals surface area (Å²) >= 11 is -0.233. The quantitative estimate of drug-likeness (QED) is 0.729. The summed E-state index contributed by atoms with van der Waals surface area (Å²) in [5.74, 6) is 0.530. The molecule has 1 aromatic carbocycles. The fourth-order valence-corrected chi connectivity index (χ4v) is 6.09. The van der Waals surface area contributed by atoms with Crippen molar-refractivity contribution in [3.05, 3.63) is 22.6 Å². The first-order chi connectivity index (χ1) is 8.89. The van der Waals surface area contributed by atoms with Crippen LogP contribution in [0.1, 0.15) is 18.3 Å². The van der Waals surface area contributed by atoms with E-state index in [9.17, 15) is 8.42 Å². The predicted octanol–water partition coefficient (Wildman–Crippen LogP) is 1.23. The van der Waals surface area contributed by atoms with Crippen LogP contribution in [-0.2, 0) is 14.6 Å². The Labute approximate surface area is 117 Å². The molecule has 0 bridgehead atoms. The van der Waals surface area contributed by atoms with Crippen LogP contribution in [0.3, 0.4) is 0 Å². The second kappa shape index (κ2) is 3.91. The van der Waals surface area contributed by atoms with E-state index in [1.54, 1.807) is 32.0 Å². The Morgan fingerprint density at radius 3 is 2.74 bits per heavy atom. The van der Waals surface area contributed by atoms with E-state index in [0.717, 1.165) is 10.1 Å². The Morgan fingerprint density at radius 1 is 1.32 bits per heavy atom. The molecule has 0 saturated carbocycles. The van der Waals surface area contributed by atoms with Crippen LogP contribution in [0.4, 0.5) is 0 Å². The molecule has 1 aliphatic rings.